The number of rotatable bonds is 4. The normalized spacial score (nSPS) is 11.6. The molecule has 0 spiro atoms. The van der Waals surface area contributed by atoms with Gasteiger partial charge in [0.2, 0.25) is 0 Å². The fraction of sp³-hybridized carbons (Fsp3) is 0.167. The van der Waals surface area contributed by atoms with Gasteiger partial charge in [0.05, 0.1) is 10.7 Å². The smallest absolute Gasteiger partial charge is 0.422 e. The molecule has 0 radical (unpaired) electrons. The summed E-state index contributed by atoms with van der Waals surface area (Å²) in [6.07, 6.45) is -4.48. The Morgan fingerprint density at radius 3 is 2.62 bits per heavy atom. The molecule has 26 heavy (non-hydrogen) atoms. The number of benzene rings is 2. The summed E-state index contributed by atoms with van der Waals surface area (Å²) >= 11 is 6.06. The number of hydrogen-bond donors (Lipinski definition) is 1. The number of fused-ring (bicyclic) bond motifs is 1. The van der Waals surface area contributed by atoms with Gasteiger partial charge in [0.15, 0.2) is 18.0 Å². The van der Waals surface area contributed by atoms with Crippen molar-refractivity contribution in [3.05, 3.63) is 58.8 Å². The Labute approximate surface area is 151 Å². The number of anilines is 1. The third-order valence-electron chi connectivity index (χ3n) is 3.65. The van der Waals surface area contributed by atoms with Crippen molar-refractivity contribution in [1.82, 2.24) is 0 Å². The molecular formula is C18H13ClF3NO3. The molecule has 136 valence electrons. The van der Waals surface area contributed by atoms with Crippen molar-refractivity contribution >= 4 is 34.2 Å². The number of nitrogens with one attached hydrogen (secondary N) is 1. The van der Waals surface area contributed by atoms with Crippen LogP contribution in [0.4, 0.5) is 18.9 Å². The van der Waals surface area contributed by atoms with Crippen LogP contribution in [0.1, 0.15) is 16.1 Å². The van der Waals surface area contributed by atoms with Crippen molar-refractivity contribution in [1.29, 1.82) is 0 Å². The highest BCUT2D eigenvalue weighted by Gasteiger charge is 2.29. The summed E-state index contributed by atoms with van der Waals surface area (Å²) in [6, 6.07) is 11.0. The summed E-state index contributed by atoms with van der Waals surface area (Å²) < 4.78 is 47.4. The van der Waals surface area contributed by atoms with Crippen LogP contribution in [0.3, 0.4) is 0 Å². The lowest BCUT2D eigenvalue weighted by Crippen LogP contribution is -2.20. The van der Waals surface area contributed by atoms with Gasteiger partial charge in [-0.2, -0.15) is 13.2 Å². The fourth-order valence-corrected chi connectivity index (χ4v) is 2.67. The van der Waals surface area contributed by atoms with E-state index in [0.717, 1.165) is 0 Å². The van der Waals surface area contributed by atoms with Crippen molar-refractivity contribution in [3.8, 4) is 5.75 Å². The number of alkyl halides is 3. The van der Waals surface area contributed by atoms with Crippen molar-refractivity contribution in [2.45, 2.75) is 13.1 Å². The molecule has 1 amide bonds. The van der Waals surface area contributed by atoms with E-state index in [1.807, 2.05) is 0 Å². The molecule has 3 rings (SSSR count). The maximum absolute atomic E-state index is 12.5. The molecule has 3 aromatic rings. The SMILES string of the molecule is Cc1c(C(=O)Nc2ccccc2OCC(F)(F)F)oc2c(Cl)cccc12. The first kappa shape index (κ1) is 18.1. The molecule has 1 N–H and O–H groups in total. The van der Waals surface area contributed by atoms with E-state index < -0.39 is 18.7 Å². The van der Waals surface area contributed by atoms with Crippen LogP contribution in [0.2, 0.25) is 5.02 Å². The van der Waals surface area contributed by atoms with Crippen LogP contribution >= 0.6 is 11.6 Å². The van der Waals surface area contributed by atoms with Crippen LogP contribution in [-0.2, 0) is 0 Å². The Morgan fingerprint density at radius 2 is 1.92 bits per heavy atom. The number of carbonyl (C=O) groups excluding carboxylic acids is 1. The van der Waals surface area contributed by atoms with E-state index in [9.17, 15) is 18.0 Å². The van der Waals surface area contributed by atoms with Gasteiger partial charge in [0.25, 0.3) is 5.91 Å². The van der Waals surface area contributed by atoms with E-state index >= 15 is 0 Å². The molecule has 0 aliphatic heterocycles. The van der Waals surface area contributed by atoms with Crippen LogP contribution in [-0.4, -0.2) is 18.7 Å². The number of ether oxygens (including phenoxy) is 1. The predicted molar refractivity (Wildman–Crippen MR) is 91.9 cm³/mol. The van der Waals surface area contributed by atoms with Crippen LogP contribution in [0.25, 0.3) is 11.0 Å². The predicted octanol–water partition coefficient (Wildman–Crippen LogP) is 5.59. The van der Waals surface area contributed by atoms with E-state index in [1.165, 1.54) is 18.2 Å². The molecule has 4 nitrogen and oxygen atoms in total. The molecule has 8 heteroatoms. The van der Waals surface area contributed by atoms with Gasteiger partial charge in [-0.15, -0.1) is 0 Å². The second-order valence-corrected chi connectivity index (χ2v) is 5.93. The minimum Gasteiger partial charge on any atom is -0.482 e. The van der Waals surface area contributed by atoms with Crippen molar-refractivity contribution in [3.63, 3.8) is 0 Å². The second-order valence-electron chi connectivity index (χ2n) is 5.53. The maximum atomic E-state index is 12.5. The van der Waals surface area contributed by atoms with Gasteiger partial charge in [-0.25, -0.2) is 0 Å². The minimum absolute atomic E-state index is 0.0266. The number of halogens is 4. The Bertz CT molecular complexity index is 966. The van der Waals surface area contributed by atoms with Gasteiger partial charge in [-0.05, 0) is 25.1 Å². The number of aryl methyl sites for hydroxylation is 1. The van der Waals surface area contributed by atoms with Crippen molar-refractivity contribution < 1.29 is 27.1 Å². The molecule has 0 unspecified atom stereocenters. The molecule has 0 saturated carbocycles. The molecule has 1 heterocycles. The Balaban J connectivity index is 1.87. The monoisotopic (exact) mass is 383 g/mol. The van der Waals surface area contributed by atoms with Crippen LogP contribution in [0.15, 0.2) is 46.9 Å². The van der Waals surface area contributed by atoms with Gasteiger partial charge in [0, 0.05) is 10.9 Å². The second kappa shape index (κ2) is 6.92. The molecule has 0 aliphatic rings. The summed E-state index contributed by atoms with van der Waals surface area (Å²) in [6.45, 7) is 0.238. The lowest BCUT2D eigenvalue weighted by molar-refractivity contribution is -0.153. The third kappa shape index (κ3) is 3.77. The maximum Gasteiger partial charge on any atom is 0.422 e. The number of amides is 1. The highest BCUT2D eigenvalue weighted by atomic mass is 35.5. The van der Waals surface area contributed by atoms with E-state index in [1.54, 1.807) is 31.2 Å². The summed E-state index contributed by atoms with van der Waals surface area (Å²) in [5.74, 6) is -0.679. The molecule has 2 aromatic carbocycles. The largest absolute Gasteiger partial charge is 0.482 e. The van der Waals surface area contributed by atoms with Crippen molar-refractivity contribution in [2.75, 3.05) is 11.9 Å². The first-order valence-corrected chi connectivity index (χ1v) is 7.91. The Kier molecular flexibility index (Phi) is 4.82. The van der Waals surface area contributed by atoms with Gasteiger partial charge >= 0.3 is 6.18 Å². The molecule has 0 aliphatic carbocycles. The molecule has 0 fully saturated rings. The summed E-state index contributed by atoms with van der Waals surface area (Å²) in [7, 11) is 0. The Morgan fingerprint density at radius 1 is 1.19 bits per heavy atom. The van der Waals surface area contributed by atoms with E-state index in [2.05, 4.69) is 5.32 Å². The minimum atomic E-state index is -4.48. The highest BCUT2D eigenvalue weighted by Crippen LogP contribution is 2.32. The van der Waals surface area contributed by atoms with Gasteiger partial charge < -0.3 is 14.5 Å². The molecule has 0 saturated heterocycles. The lowest BCUT2D eigenvalue weighted by Gasteiger charge is -2.13. The van der Waals surface area contributed by atoms with Crippen molar-refractivity contribution in [2.24, 2.45) is 0 Å². The number of para-hydroxylation sites is 3. The topological polar surface area (TPSA) is 51.5 Å². The lowest BCUT2D eigenvalue weighted by atomic mass is 10.1. The summed E-state index contributed by atoms with van der Waals surface area (Å²) in [4.78, 5) is 12.5. The summed E-state index contributed by atoms with van der Waals surface area (Å²) in [5.41, 5.74) is 1.06. The summed E-state index contributed by atoms with van der Waals surface area (Å²) in [5, 5.41) is 3.56. The first-order valence-electron chi connectivity index (χ1n) is 7.54. The van der Waals surface area contributed by atoms with E-state index in [-0.39, 0.29) is 17.2 Å². The molecule has 0 bridgehead atoms. The quantitative estimate of drug-likeness (QED) is 0.639. The number of carbonyl (C=O) groups is 1. The van der Waals surface area contributed by atoms with Gasteiger partial charge in [-0.1, -0.05) is 35.9 Å². The molecule has 1 aromatic heterocycles. The molecular weight excluding hydrogens is 371 g/mol. The standard InChI is InChI=1S/C18H13ClF3NO3/c1-10-11-5-4-6-12(19)16(11)26-15(10)17(24)23-13-7-2-3-8-14(13)25-9-18(20,21)22/h2-8H,9H2,1H3,(H,23,24). The van der Waals surface area contributed by atoms with Crippen LogP contribution in [0.5, 0.6) is 5.75 Å². The van der Waals surface area contributed by atoms with E-state index in [0.29, 0.717) is 21.6 Å². The van der Waals surface area contributed by atoms with Gasteiger partial charge in [0.1, 0.15) is 5.75 Å². The zero-order valence-corrected chi connectivity index (χ0v) is 14.2. The fourth-order valence-electron chi connectivity index (χ4n) is 2.46. The zero-order chi connectivity index (χ0) is 18.9. The van der Waals surface area contributed by atoms with E-state index in [4.69, 9.17) is 20.8 Å². The number of furan rings is 1. The first-order chi connectivity index (χ1) is 12.3. The Hall–Kier alpha value is -2.67. The van der Waals surface area contributed by atoms with Gasteiger partial charge in [-0.3, -0.25) is 4.79 Å². The number of hydrogen-bond acceptors (Lipinski definition) is 3. The third-order valence-corrected chi connectivity index (χ3v) is 3.95. The zero-order valence-electron chi connectivity index (χ0n) is 13.5. The average molecular weight is 384 g/mol. The highest BCUT2D eigenvalue weighted by molar-refractivity contribution is 6.35. The van der Waals surface area contributed by atoms with Crippen LogP contribution < -0.4 is 10.1 Å². The van der Waals surface area contributed by atoms with Crippen LogP contribution in [0, 0.1) is 6.92 Å². The molecule has 0 atom stereocenters. The average Bonchev–Trinajstić information content (AvgIpc) is 2.92.